The summed E-state index contributed by atoms with van der Waals surface area (Å²) in [7, 11) is 3.01. The van der Waals surface area contributed by atoms with Gasteiger partial charge < -0.3 is 14.8 Å². The number of carbonyl (C=O) groups is 3. The molecule has 3 fully saturated rings. The summed E-state index contributed by atoms with van der Waals surface area (Å²) in [6.45, 7) is 2.50. The Morgan fingerprint density at radius 3 is 2.62 bits per heavy atom. The first kappa shape index (κ1) is 21.4. The molecule has 2 aromatic rings. The second-order valence-corrected chi connectivity index (χ2v) is 9.68. The maximum atomic E-state index is 14.1. The van der Waals surface area contributed by atoms with Crippen molar-refractivity contribution < 1.29 is 23.9 Å². The lowest BCUT2D eigenvalue weighted by molar-refractivity contribution is -0.135. The number of amides is 3. The van der Waals surface area contributed by atoms with Crippen molar-refractivity contribution in [2.24, 2.45) is 11.8 Å². The third kappa shape index (κ3) is 2.40. The van der Waals surface area contributed by atoms with E-state index in [9.17, 15) is 14.4 Å². The smallest absolute Gasteiger partial charge is 0.250 e. The molecule has 4 heterocycles. The minimum Gasteiger partial charge on any atom is -0.497 e. The molecule has 0 saturated carbocycles. The van der Waals surface area contributed by atoms with E-state index in [1.165, 1.54) is 19.1 Å². The average molecular weight is 482 g/mol. The van der Waals surface area contributed by atoms with Gasteiger partial charge in [0, 0.05) is 22.7 Å². The summed E-state index contributed by atoms with van der Waals surface area (Å²) in [4.78, 5) is 45.1. The molecule has 3 amide bonds. The average Bonchev–Trinajstić information content (AvgIpc) is 3.54. The van der Waals surface area contributed by atoms with Crippen molar-refractivity contribution in [3.05, 3.63) is 46.5 Å². The Hall–Kier alpha value is -3.10. The molecule has 6 rings (SSSR count). The number of nitrogens with zero attached hydrogens (tertiary/aromatic N) is 2. The van der Waals surface area contributed by atoms with Crippen LogP contribution >= 0.6 is 11.6 Å². The summed E-state index contributed by atoms with van der Waals surface area (Å²) in [6.07, 6.45) is 1.61. The molecule has 0 radical (unpaired) electrons. The molecule has 4 aliphatic heterocycles. The zero-order valence-electron chi connectivity index (χ0n) is 19.1. The summed E-state index contributed by atoms with van der Waals surface area (Å²) in [5, 5.41) is 3.55. The van der Waals surface area contributed by atoms with E-state index in [-0.39, 0.29) is 17.9 Å². The minimum absolute atomic E-state index is 0.198. The van der Waals surface area contributed by atoms with Crippen LogP contribution in [0.5, 0.6) is 11.5 Å². The number of hydrogen-bond donors (Lipinski definition) is 1. The maximum Gasteiger partial charge on any atom is 0.250 e. The Morgan fingerprint density at radius 2 is 1.88 bits per heavy atom. The highest BCUT2D eigenvalue weighted by Crippen LogP contribution is 2.61. The molecule has 0 aliphatic carbocycles. The molecular formula is C25H24ClN3O5. The number of benzene rings is 2. The topological polar surface area (TPSA) is 88.2 Å². The van der Waals surface area contributed by atoms with Gasteiger partial charge in [-0.25, -0.2) is 4.90 Å². The number of methoxy groups -OCH3 is 2. The molecule has 1 spiro atoms. The van der Waals surface area contributed by atoms with Crippen molar-refractivity contribution in [2.45, 2.75) is 31.3 Å². The fourth-order valence-electron chi connectivity index (χ4n) is 6.60. The van der Waals surface area contributed by atoms with Gasteiger partial charge in [-0.15, -0.1) is 0 Å². The quantitative estimate of drug-likeness (QED) is 0.678. The lowest BCUT2D eigenvalue weighted by atomic mass is 9.75. The van der Waals surface area contributed by atoms with Crippen LogP contribution in [-0.4, -0.2) is 49.4 Å². The zero-order chi connectivity index (χ0) is 23.9. The number of fused-ring (bicyclic) bond motifs is 7. The second kappa shape index (κ2) is 7.20. The van der Waals surface area contributed by atoms with Crippen LogP contribution in [0.25, 0.3) is 0 Å². The van der Waals surface area contributed by atoms with Crippen LogP contribution in [-0.2, 0) is 19.9 Å². The van der Waals surface area contributed by atoms with Crippen LogP contribution in [0.15, 0.2) is 30.3 Å². The number of carbonyl (C=O) groups excluding carboxylic acids is 3. The summed E-state index contributed by atoms with van der Waals surface area (Å²) in [5.74, 6) is -1.55. The van der Waals surface area contributed by atoms with E-state index in [1.807, 2.05) is 13.0 Å². The molecule has 1 N–H and O–H groups in total. The summed E-state index contributed by atoms with van der Waals surface area (Å²) in [5.41, 5.74) is 1.20. The molecule has 4 unspecified atom stereocenters. The Balaban J connectivity index is 1.56. The van der Waals surface area contributed by atoms with E-state index in [4.69, 9.17) is 21.1 Å². The van der Waals surface area contributed by atoms with E-state index in [1.54, 1.807) is 24.3 Å². The lowest BCUT2D eigenvalue weighted by Crippen LogP contribution is -2.54. The Morgan fingerprint density at radius 1 is 1.09 bits per heavy atom. The molecule has 9 heteroatoms. The first-order chi connectivity index (χ1) is 16.4. The van der Waals surface area contributed by atoms with Crippen molar-refractivity contribution in [1.82, 2.24) is 4.90 Å². The summed E-state index contributed by atoms with van der Waals surface area (Å²) < 4.78 is 10.8. The van der Waals surface area contributed by atoms with Gasteiger partial charge in [-0.05, 0) is 50.1 Å². The highest BCUT2D eigenvalue weighted by molar-refractivity contribution is 6.32. The second-order valence-electron chi connectivity index (χ2n) is 9.27. The van der Waals surface area contributed by atoms with Crippen LogP contribution in [0.3, 0.4) is 0 Å². The standard InChI is InChI=1S/C25H24ClN3O5/c1-12-15(26)8-7-14-21(12)27-24(32)25(14)20-19(16-5-4-10-28(16)25)22(30)29(23(20)31)17-11-13(33-2)6-9-18(17)34-3/h6-9,11,16,19-20H,4-5,10H2,1-3H3,(H,27,32). The number of rotatable bonds is 3. The highest BCUT2D eigenvalue weighted by Gasteiger charge is 2.74. The van der Waals surface area contributed by atoms with Gasteiger partial charge in [0.1, 0.15) is 17.0 Å². The number of nitrogens with one attached hydrogen (secondary N) is 1. The molecule has 0 bridgehead atoms. The highest BCUT2D eigenvalue weighted by atomic mass is 35.5. The van der Waals surface area contributed by atoms with E-state index in [0.717, 1.165) is 24.0 Å². The van der Waals surface area contributed by atoms with Gasteiger partial charge in [0.15, 0.2) is 0 Å². The van der Waals surface area contributed by atoms with Gasteiger partial charge in [0.2, 0.25) is 17.7 Å². The lowest BCUT2D eigenvalue weighted by Gasteiger charge is -2.36. The largest absolute Gasteiger partial charge is 0.497 e. The first-order valence-electron chi connectivity index (χ1n) is 11.3. The van der Waals surface area contributed by atoms with Gasteiger partial charge in [-0.1, -0.05) is 17.7 Å². The molecule has 34 heavy (non-hydrogen) atoms. The monoisotopic (exact) mass is 481 g/mol. The third-order valence-electron chi connectivity index (χ3n) is 7.99. The van der Waals surface area contributed by atoms with Crippen molar-refractivity contribution in [2.75, 3.05) is 31.0 Å². The van der Waals surface area contributed by atoms with Crippen LogP contribution in [0.4, 0.5) is 11.4 Å². The number of anilines is 2. The summed E-state index contributed by atoms with van der Waals surface area (Å²) in [6, 6.07) is 8.40. The number of imide groups is 1. The molecule has 3 saturated heterocycles. The van der Waals surface area contributed by atoms with Crippen LogP contribution < -0.4 is 19.7 Å². The number of ether oxygens (including phenoxy) is 2. The minimum atomic E-state index is -1.25. The fraction of sp³-hybridized carbons (Fsp3) is 0.400. The van der Waals surface area contributed by atoms with Gasteiger partial charge in [-0.3, -0.25) is 19.3 Å². The van der Waals surface area contributed by atoms with Crippen molar-refractivity contribution in [3.63, 3.8) is 0 Å². The fourth-order valence-corrected chi connectivity index (χ4v) is 6.76. The van der Waals surface area contributed by atoms with Crippen LogP contribution in [0, 0.1) is 18.8 Å². The van der Waals surface area contributed by atoms with Crippen molar-refractivity contribution >= 4 is 40.7 Å². The maximum absolute atomic E-state index is 14.1. The van der Waals surface area contributed by atoms with E-state index >= 15 is 0 Å². The van der Waals surface area contributed by atoms with E-state index in [2.05, 4.69) is 10.2 Å². The molecule has 4 atom stereocenters. The van der Waals surface area contributed by atoms with Crippen LogP contribution in [0.2, 0.25) is 5.02 Å². The van der Waals surface area contributed by atoms with E-state index in [0.29, 0.717) is 34.4 Å². The predicted molar refractivity (Wildman–Crippen MR) is 125 cm³/mol. The van der Waals surface area contributed by atoms with Gasteiger partial charge in [0.05, 0.1) is 37.4 Å². The third-order valence-corrected chi connectivity index (χ3v) is 8.40. The molecule has 4 aliphatic rings. The Labute approximate surface area is 201 Å². The van der Waals surface area contributed by atoms with Gasteiger partial charge in [-0.2, -0.15) is 0 Å². The molecule has 0 aromatic heterocycles. The number of halogens is 1. The SMILES string of the molecule is COc1ccc(OC)c(N2C(=O)C3C4CCCN4C4(C(=O)Nc5c4ccc(Cl)c5C)C3C2=O)c1. The summed E-state index contributed by atoms with van der Waals surface area (Å²) >= 11 is 6.35. The normalized spacial score (nSPS) is 29.5. The Kier molecular flexibility index (Phi) is 4.54. The Bertz CT molecular complexity index is 1280. The van der Waals surface area contributed by atoms with Crippen LogP contribution in [0.1, 0.15) is 24.0 Å². The molecular weight excluding hydrogens is 458 g/mol. The zero-order valence-corrected chi connectivity index (χ0v) is 19.8. The molecule has 8 nitrogen and oxygen atoms in total. The van der Waals surface area contributed by atoms with Crippen molar-refractivity contribution in [3.8, 4) is 11.5 Å². The van der Waals surface area contributed by atoms with Gasteiger partial charge in [0.25, 0.3) is 0 Å². The van der Waals surface area contributed by atoms with Gasteiger partial charge >= 0.3 is 0 Å². The molecule has 2 aromatic carbocycles. The molecule has 176 valence electrons. The predicted octanol–water partition coefficient (Wildman–Crippen LogP) is 3.10. The number of hydrogen-bond acceptors (Lipinski definition) is 6. The van der Waals surface area contributed by atoms with Crippen molar-refractivity contribution in [1.29, 1.82) is 0 Å². The first-order valence-corrected chi connectivity index (χ1v) is 11.7. The van der Waals surface area contributed by atoms with E-state index < -0.39 is 23.3 Å².